The van der Waals surface area contributed by atoms with Gasteiger partial charge in [-0.25, -0.2) is 0 Å². The van der Waals surface area contributed by atoms with Crippen molar-refractivity contribution < 1.29 is 19.2 Å². The topological polar surface area (TPSA) is 104 Å². The monoisotopic (exact) mass is 389 g/mol. The van der Waals surface area contributed by atoms with E-state index in [-0.39, 0.29) is 47.6 Å². The summed E-state index contributed by atoms with van der Waals surface area (Å²) in [6.45, 7) is 9.34. The van der Waals surface area contributed by atoms with Gasteiger partial charge in [0.2, 0.25) is 17.7 Å². The first-order chi connectivity index (χ1) is 12.1. The number of carbonyl (C=O) groups excluding carboxylic acids is 4. The lowest BCUT2D eigenvalue weighted by molar-refractivity contribution is -0.133. The number of amides is 3. The van der Waals surface area contributed by atoms with E-state index in [0.29, 0.717) is 19.4 Å². The molecule has 0 rings (SSSR count). The molecule has 3 amide bonds. The van der Waals surface area contributed by atoms with Gasteiger partial charge in [-0.2, -0.15) is 0 Å². The van der Waals surface area contributed by atoms with Crippen molar-refractivity contribution in [2.24, 2.45) is 11.8 Å². The van der Waals surface area contributed by atoms with Gasteiger partial charge in [0.05, 0.1) is 6.04 Å². The Morgan fingerprint density at radius 1 is 0.885 bits per heavy atom. The van der Waals surface area contributed by atoms with Gasteiger partial charge in [-0.3, -0.25) is 19.2 Å². The first kappa shape index (κ1) is 24.4. The van der Waals surface area contributed by atoms with Crippen molar-refractivity contribution in [1.82, 2.24) is 16.0 Å². The molecular formula is C18H32ClN3O4. The van der Waals surface area contributed by atoms with Crippen molar-refractivity contribution in [2.75, 3.05) is 12.4 Å². The molecule has 0 aliphatic rings. The summed E-state index contributed by atoms with van der Waals surface area (Å²) in [5, 5.41) is 8.04. The van der Waals surface area contributed by atoms with Crippen LogP contribution in [0, 0.1) is 11.8 Å². The molecule has 0 aliphatic heterocycles. The predicted molar refractivity (Wildman–Crippen MR) is 102 cm³/mol. The normalized spacial score (nSPS) is 13.2. The fourth-order valence-corrected chi connectivity index (χ4v) is 2.43. The summed E-state index contributed by atoms with van der Waals surface area (Å²) in [5.41, 5.74) is 0. The summed E-state index contributed by atoms with van der Waals surface area (Å²) in [4.78, 5) is 47.4. The third kappa shape index (κ3) is 9.75. The molecule has 0 fully saturated rings. The zero-order chi connectivity index (χ0) is 20.3. The molecule has 0 aromatic rings. The number of halogens is 1. The van der Waals surface area contributed by atoms with Crippen LogP contribution in [0.25, 0.3) is 0 Å². The molecule has 0 aromatic heterocycles. The van der Waals surface area contributed by atoms with E-state index < -0.39 is 12.1 Å². The molecule has 2 atom stereocenters. The second-order valence-electron chi connectivity index (χ2n) is 7.02. The summed E-state index contributed by atoms with van der Waals surface area (Å²) in [6, 6.07) is -1.29. The third-order valence-corrected chi connectivity index (χ3v) is 4.14. The summed E-state index contributed by atoms with van der Waals surface area (Å²) >= 11 is 5.37. The highest BCUT2D eigenvalue weighted by Gasteiger charge is 2.27. The van der Waals surface area contributed by atoms with Gasteiger partial charge in [0.25, 0.3) is 0 Å². The van der Waals surface area contributed by atoms with Gasteiger partial charge in [0.1, 0.15) is 11.9 Å². The number of carbonyl (C=O) groups is 4. The van der Waals surface area contributed by atoms with Crippen molar-refractivity contribution in [2.45, 2.75) is 66.0 Å². The summed E-state index contributed by atoms with van der Waals surface area (Å²) in [6.07, 6.45) is 1.49. The molecule has 3 N–H and O–H groups in total. The van der Waals surface area contributed by atoms with Crippen LogP contribution in [-0.2, 0) is 19.2 Å². The van der Waals surface area contributed by atoms with Crippen LogP contribution in [-0.4, -0.2) is 48.0 Å². The number of rotatable bonds is 12. The average molecular weight is 390 g/mol. The second kappa shape index (κ2) is 12.7. The van der Waals surface area contributed by atoms with Crippen LogP contribution in [0.1, 0.15) is 53.9 Å². The van der Waals surface area contributed by atoms with Gasteiger partial charge in [0.15, 0.2) is 5.78 Å². The van der Waals surface area contributed by atoms with Crippen molar-refractivity contribution in [3.05, 3.63) is 0 Å². The molecule has 0 saturated heterocycles. The molecule has 8 heteroatoms. The predicted octanol–water partition coefficient (Wildman–Crippen LogP) is 1.38. The Morgan fingerprint density at radius 2 is 1.50 bits per heavy atom. The van der Waals surface area contributed by atoms with E-state index in [1.165, 1.54) is 0 Å². The van der Waals surface area contributed by atoms with Crippen LogP contribution in [0.15, 0.2) is 0 Å². The van der Waals surface area contributed by atoms with Crippen LogP contribution < -0.4 is 16.0 Å². The summed E-state index contributed by atoms with van der Waals surface area (Å²) in [7, 11) is 0. The fourth-order valence-electron chi connectivity index (χ4n) is 2.34. The third-order valence-electron chi connectivity index (χ3n) is 3.89. The summed E-state index contributed by atoms with van der Waals surface area (Å²) < 4.78 is 0. The SMILES string of the molecule is CC(C)C(=O)[C@H](C)NC(=O)[C@@H](NC(=O)CCCCNC(=O)CCl)C(C)C. The minimum atomic E-state index is -0.694. The van der Waals surface area contributed by atoms with Gasteiger partial charge in [-0.15, -0.1) is 11.6 Å². The Morgan fingerprint density at radius 3 is 2.00 bits per heavy atom. The van der Waals surface area contributed by atoms with Gasteiger partial charge in [-0.1, -0.05) is 27.7 Å². The summed E-state index contributed by atoms with van der Waals surface area (Å²) in [5.74, 6) is -1.23. The van der Waals surface area contributed by atoms with E-state index in [0.717, 1.165) is 0 Å². The maximum atomic E-state index is 12.4. The molecule has 0 spiro atoms. The Hall–Kier alpha value is -1.63. The van der Waals surface area contributed by atoms with Gasteiger partial charge >= 0.3 is 0 Å². The lowest BCUT2D eigenvalue weighted by Crippen LogP contribution is -2.53. The van der Waals surface area contributed by atoms with Gasteiger partial charge in [0, 0.05) is 18.9 Å². The molecule has 0 aromatic carbocycles. The number of Topliss-reactive ketones (excluding diaryl/α,β-unsaturated/α-hetero) is 1. The average Bonchev–Trinajstić information content (AvgIpc) is 2.57. The Bertz CT molecular complexity index is 495. The first-order valence-electron chi connectivity index (χ1n) is 9.06. The van der Waals surface area contributed by atoms with Crippen LogP contribution in [0.4, 0.5) is 0 Å². The fraction of sp³-hybridized carbons (Fsp3) is 0.778. The molecule has 7 nitrogen and oxygen atoms in total. The Kier molecular flexibility index (Phi) is 11.9. The van der Waals surface area contributed by atoms with Crippen LogP contribution >= 0.6 is 11.6 Å². The van der Waals surface area contributed by atoms with Crippen molar-refractivity contribution in [1.29, 1.82) is 0 Å². The molecule has 0 aliphatic carbocycles. The molecule has 0 radical (unpaired) electrons. The van der Waals surface area contributed by atoms with E-state index >= 15 is 0 Å². The van der Waals surface area contributed by atoms with Gasteiger partial charge < -0.3 is 16.0 Å². The van der Waals surface area contributed by atoms with Crippen LogP contribution in [0.3, 0.4) is 0 Å². The van der Waals surface area contributed by atoms with Crippen molar-refractivity contribution in [3.8, 4) is 0 Å². The van der Waals surface area contributed by atoms with E-state index in [2.05, 4.69) is 16.0 Å². The molecular weight excluding hydrogens is 358 g/mol. The number of alkyl halides is 1. The van der Waals surface area contributed by atoms with E-state index in [1.807, 2.05) is 13.8 Å². The van der Waals surface area contributed by atoms with Crippen molar-refractivity contribution >= 4 is 35.1 Å². The molecule has 0 saturated carbocycles. The standard InChI is InChI=1S/C18H32ClN3O4/c1-11(2)16(18(26)21-13(5)17(25)12(3)4)22-14(23)8-6-7-9-20-15(24)10-19/h11-13,16H,6-10H2,1-5H3,(H,20,24)(H,21,26)(H,22,23)/t13-,16-/m0/s1. The minimum Gasteiger partial charge on any atom is -0.355 e. The molecule has 0 bridgehead atoms. The second-order valence-corrected chi connectivity index (χ2v) is 7.28. The highest BCUT2D eigenvalue weighted by molar-refractivity contribution is 6.27. The Labute approximate surface area is 161 Å². The lowest BCUT2D eigenvalue weighted by atomic mass is 10.00. The number of unbranched alkanes of at least 4 members (excludes halogenated alkanes) is 1. The maximum absolute atomic E-state index is 12.4. The quantitative estimate of drug-likeness (QED) is 0.346. The smallest absolute Gasteiger partial charge is 0.243 e. The highest BCUT2D eigenvalue weighted by atomic mass is 35.5. The molecule has 0 unspecified atom stereocenters. The zero-order valence-corrected chi connectivity index (χ0v) is 17.1. The van der Waals surface area contributed by atoms with Crippen LogP contribution in [0.5, 0.6) is 0 Å². The molecule has 26 heavy (non-hydrogen) atoms. The zero-order valence-electron chi connectivity index (χ0n) is 16.4. The van der Waals surface area contributed by atoms with E-state index in [4.69, 9.17) is 11.6 Å². The molecule has 0 heterocycles. The number of hydrogen-bond donors (Lipinski definition) is 3. The van der Waals surface area contributed by atoms with E-state index in [1.54, 1.807) is 20.8 Å². The van der Waals surface area contributed by atoms with Crippen LogP contribution in [0.2, 0.25) is 0 Å². The number of hydrogen-bond acceptors (Lipinski definition) is 4. The Balaban J connectivity index is 4.40. The number of nitrogens with one attached hydrogen (secondary N) is 3. The highest BCUT2D eigenvalue weighted by Crippen LogP contribution is 2.06. The maximum Gasteiger partial charge on any atom is 0.243 e. The van der Waals surface area contributed by atoms with Gasteiger partial charge in [-0.05, 0) is 25.7 Å². The van der Waals surface area contributed by atoms with E-state index in [9.17, 15) is 19.2 Å². The minimum absolute atomic E-state index is 0.0498. The van der Waals surface area contributed by atoms with Crippen molar-refractivity contribution in [3.63, 3.8) is 0 Å². The largest absolute Gasteiger partial charge is 0.355 e. The first-order valence-corrected chi connectivity index (χ1v) is 9.59. The lowest BCUT2D eigenvalue weighted by Gasteiger charge is -2.24. The number of ketones is 1. The molecule has 150 valence electrons.